The van der Waals surface area contributed by atoms with Gasteiger partial charge in [0.2, 0.25) is 11.1 Å². The molecule has 19 heavy (non-hydrogen) atoms. The minimum atomic E-state index is 0.0255. The van der Waals surface area contributed by atoms with Gasteiger partial charge in [0.25, 0.3) is 0 Å². The van der Waals surface area contributed by atoms with Crippen molar-refractivity contribution in [3.63, 3.8) is 0 Å². The van der Waals surface area contributed by atoms with Gasteiger partial charge in [-0.1, -0.05) is 23.4 Å². The van der Waals surface area contributed by atoms with Crippen LogP contribution in [0.25, 0.3) is 0 Å². The summed E-state index contributed by atoms with van der Waals surface area (Å²) in [6, 6.07) is 3.76. The van der Waals surface area contributed by atoms with Crippen molar-refractivity contribution >= 4 is 40.6 Å². The van der Waals surface area contributed by atoms with Crippen molar-refractivity contribution < 1.29 is 4.79 Å². The highest BCUT2D eigenvalue weighted by Crippen LogP contribution is 2.22. The van der Waals surface area contributed by atoms with E-state index >= 15 is 0 Å². The predicted octanol–water partition coefficient (Wildman–Crippen LogP) is 1.68. The average Bonchev–Trinajstić information content (AvgIpc) is 2.95. The van der Waals surface area contributed by atoms with Gasteiger partial charge in [0.1, 0.15) is 0 Å². The van der Waals surface area contributed by atoms with E-state index in [4.69, 9.17) is 11.6 Å². The third-order valence-corrected chi connectivity index (χ3v) is 4.56. The third-order valence-electron chi connectivity index (χ3n) is 2.35. The molecule has 0 spiro atoms. The molecular formula is C10H12ClN5OS2. The van der Waals surface area contributed by atoms with Crippen LogP contribution in [0.15, 0.2) is 17.3 Å². The van der Waals surface area contributed by atoms with E-state index in [9.17, 15) is 4.79 Å². The molecule has 0 aromatic carbocycles. The number of nitrogens with zero attached hydrogens (tertiary/aromatic N) is 5. The number of aryl methyl sites for hydroxylation is 1. The van der Waals surface area contributed by atoms with E-state index in [2.05, 4.69) is 15.5 Å². The monoisotopic (exact) mass is 317 g/mol. The lowest BCUT2D eigenvalue weighted by Gasteiger charge is -2.15. The number of halogens is 1. The van der Waals surface area contributed by atoms with Gasteiger partial charge in [-0.2, -0.15) is 0 Å². The first-order valence-corrected chi connectivity index (χ1v) is 7.57. The number of tetrazole rings is 1. The van der Waals surface area contributed by atoms with Crippen molar-refractivity contribution in [2.45, 2.75) is 11.7 Å². The highest BCUT2D eigenvalue weighted by atomic mass is 35.5. The number of hydrogen-bond acceptors (Lipinski definition) is 6. The summed E-state index contributed by atoms with van der Waals surface area (Å²) in [6.45, 7) is 0.563. The maximum Gasteiger partial charge on any atom is 0.233 e. The van der Waals surface area contributed by atoms with Crippen LogP contribution in [0.5, 0.6) is 0 Å². The summed E-state index contributed by atoms with van der Waals surface area (Å²) in [4.78, 5) is 14.7. The van der Waals surface area contributed by atoms with Crippen molar-refractivity contribution in [3.05, 3.63) is 21.3 Å². The summed E-state index contributed by atoms with van der Waals surface area (Å²) in [6.07, 6.45) is 0. The minimum Gasteiger partial charge on any atom is -0.340 e. The first kappa shape index (κ1) is 14.3. The minimum absolute atomic E-state index is 0.0255. The Labute approximate surface area is 123 Å². The number of rotatable bonds is 5. The Morgan fingerprint density at radius 3 is 2.95 bits per heavy atom. The van der Waals surface area contributed by atoms with E-state index in [-0.39, 0.29) is 5.91 Å². The predicted molar refractivity (Wildman–Crippen MR) is 75.3 cm³/mol. The van der Waals surface area contributed by atoms with Gasteiger partial charge in [0.05, 0.1) is 16.6 Å². The first-order chi connectivity index (χ1) is 9.06. The van der Waals surface area contributed by atoms with Crippen LogP contribution in [0.4, 0.5) is 0 Å². The molecule has 0 aliphatic heterocycles. The van der Waals surface area contributed by atoms with Gasteiger partial charge < -0.3 is 4.90 Å². The molecule has 2 heterocycles. The number of amides is 1. The fraction of sp³-hybridized carbons (Fsp3) is 0.400. The van der Waals surface area contributed by atoms with Crippen LogP contribution in [0.2, 0.25) is 4.34 Å². The normalized spacial score (nSPS) is 10.7. The van der Waals surface area contributed by atoms with Crippen molar-refractivity contribution in [1.82, 2.24) is 25.1 Å². The number of thioether (sulfide) groups is 1. The Morgan fingerprint density at radius 2 is 2.37 bits per heavy atom. The molecule has 102 valence electrons. The van der Waals surface area contributed by atoms with Crippen LogP contribution < -0.4 is 0 Å². The Hall–Kier alpha value is -1.12. The number of carbonyl (C=O) groups excluding carboxylic acids is 1. The fourth-order valence-corrected chi connectivity index (χ4v) is 3.27. The van der Waals surface area contributed by atoms with Crippen molar-refractivity contribution in [1.29, 1.82) is 0 Å². The lowest BCUT2D eigenvalue weighted by molar-refractivity contribution is -0.127. The molecule has 0 saturated carbocycles. The topological polar surface area (TPSA) is 63.9 Å². The molecule has 9 heteroatoms. The number of thiophene rings is 1. The van der Waals surface area contributed by atoms with Gasteiger partial charge in [0.15, 0.2) is 0 Å². The van der Waals surface area contributed by atoms with Crippen LogP contribution in [0, 0.1) is 0 Å². The molecule has 0 radical (unpaired) electrons. The van der Waals surface area contributed by atoms with E-state index in [0.717, 1.165) is 9.21 Å². The standard InChI is InChI=1S/C10H12ClN5OS2/c1-15(5-7-3-4-8(11)19-7)9(17)6-18-10-12-13-14-16(10)2/h3-4H,5-6H2,1-2H3. The Balaban J connectivity index is 1.84. The summed E-state index contributed by atoms with van der Waals surface area (Å²) in [5, 5.41) is 11.7. The number of aromatic nitrogens is 4. The zero-order valence-electron chi connectivity index (χ0n) is 10.4. The molecule has 2 aromatic heterocycles. The lowest BCUT2D eigenvalue weighted by atomic mass is 10.4. The second kappa shape index (κ2) is 6.36. The van der Waals surface area contributed by atoms with Crippen LogP contribution in [0.3, 0.4) is 0 Å². The fourth-order valence-electron chi connectivity index (χ4n) is 1.34. The summed E-state index contributed by atoms with van der Waals surface area (Å²) in [5.74, 6) is 0.335. The quantitative estimate of drug-likeness (QED) is 0.785. The van der Waals surface area contributed by atoms with Crippen molar-refractivity contribution in [2.75, 3.05) is 12.8 Å². The van der Waals surface area contributed by atoms with Crippen molar-refractivity contribution in [3.8, 4) is 0 Å². The number of carbonyl (C=O) groups is 1. The molecular weight excluding hydrogens is 306 g/mol. The molecule has 0 unspecified atom stereocenters. The average molecular weight is 318 g/mol. The van der Waals surface area contributed by atoms with Gasteiger partial charge in [-0.05, 0) is 22.6 Å². The second-order valence-electron chi connectivity index (χ2n) is 3.83. The Bertz CT molecular complexity index is 570. The molecule has 0 N–H and O–H groups in total. The molecule has 0 aliphatic carbocycles. The maximum atomic E-state index is 12.0. The third kappa shape index (κ3) is 3.92. The molecule has 2 aromatic rings. The van der Waals surface area contributed by atoms with Gasteiger partial charge in [0, 0.05) is 19.0 Å². The molecule has 0 fully saturated rings. The molecule has 0 aliphatic rings. The van der Waals surface area contributed by atoms with E-state index in [1.807, 2.05) is 12.1 Å². The van der Waals surface area contributed by atoms with Gasteiger partial charge in [-0.3, -0.25) is 4.79 Å². The smallest absolute Gasteiger partial charge is 0.233 e. The van der Waals surface area contributed by atoms with Gasteiger partial charge in [-0.25, -0.2) is 4.68 Å². The largest absolute Gasteiger partial charge is 0.340 e. The summed E-state index contributed by atoms with van der Waals surface area (Å²) >= 11 is 8.65. The summed E-state index contributed by atoms with van der Waals surface area (Å²) in [7, 11) is 3.51. The van der Waals surface area contributed by atoms with E-state index in [0.29, 0.717) is 17.5 Å². The van der Waals surface area contributed by atoms with Crippen LogP contribution >= 0.6 is 34.7 Å². The molecule has 6 nitrogen and oxygen atoms in total. The highest BCUT2D eigenvalue weighted by Gasteiger charge is 2.13. The first-order valence-electron chi connectivity index (χ1n) is 5.39. The van der Waals surface area contributed by atoms with Crippen LogP contribution in [-0.2, 0) is 18.4 Å². The SMILES string of the molecule is CN(Cc1ccc(Cl)s1)C(=O)CSc1nnnn1C. The molecule has 2 rings (SSSR count). The zero-order valence-corrected chi connectivity index (χ0v) is 12.8. The zero-order chi connectivity index (χ0) is 13.8. The molecule has 0 saturated heterocycles. The highest BCUT2D eigenvalue weighted by molar-refractivity contribution is 7.99. The Morgan fingerprint density at radius 1 is 1.58 bits per heavy atom. The molecule has 1 amide bonds. The van der Waals surface area contributed by atoms with Crippen LogP contribution in [0.1, 0.15) is 4.88 Å². The van der Waals surface area contributed by atoms with Crippen LogP contribution in [-0.4, -0.2) is 43.8 Å². The molecule has 0 bridgehead atoms. The van der Waals surface area contributed by atoms with E-state index in [1.54, 1.807) is 19.0 Å². The maximum absolute atomic E-state index is 12.0. The number of hydrogen-bond donors (Lipinski definition) is 0. The van der Waals surface area contributed by atoms with Crippen molar-refractivity contribution in [2.24, 2.45) is 7.05 Å². The van der Waals surface area contributed by atoms with E-state index in [1.165, 1.54) is 27.8 Å². The lowest BCUT2D eigenvalue weighted by Crippen LogP contribution is -2.27. The Kier molecular flexibility index (Phi) is 4.78. The van der Waals surface area contributed by atoms with E-state index < -0.39 is 0 Å². The van der Waals surface area contributed by atoms with Gasteiger partial charge >= 0.3 is 0 Å². The second-order valence-corrected chi connectivity index (χ2v) is 6.57. The summed E-state index contributed by atoms with van der Waals surface area (Å²) < 4.78 is 2.27. The van der Waals surface area contributed by atoms with Gasteiger partial charge in [-0.15, -0.1) is 16.4 Å². The summed E-state index contributed by atoms with van der Waals surface area (Å²) in [5.41, 5.74) is 0. The molecule has 0 atom stereocenters.